The van der Waals surface area contributed by atoms with Gasteiger partial charge in [0.05, 0.1) is 21.4 Å². The van der Waals surface area contributed by atoms with Crippen LogP contribution in [0.15, 0.2) is 72.8 Å². The molecule has 0 fully saturated rings. The van der Waals surface area contributed by atoms with Gasteiger partial charge in [-0.15, -0.1) is 0 Å². The monoisotopic (exact) mass is 678 g/mol. The largest absolute Gasteiger partial charge is 0.496 e. The number of hydrogen-bond acceptors (Lipinski definition) is 4. The molecule has 4 rings (SSSR count). The third-order valence-corrected chi connectivity index (χ3v) is 6.93. The minimum absolute atomic E-state index is 0.227. The molecule has 2 amide bonds. The van der Waals surface area contributed by atoms with E-state index in [1.165, 1.54) is 0 Å². The number of benzene rings is 4. The molecule has 0 aliphatic carbocycles. The second-order valence-corrected chi connectivity index (χ2v) is 9.64. The van der Waals surface area contributed by atoms with Gasteiger partial charge in [-0.2, -0.15) is 0 Å². The molecule has 0 atom stereocenters. The molecule has 172 valence electrons. The van der Waals surface area contributed by atoms with Gasteiger partial charge >= 0.3 is 0 Å². The zero-order valence-electron chi connectivity index (χ0n) is 18.3. The Bertz CT molecular complexity index is 1300. The molecule has 0 spiro atoms. The summed E-state index contributed by atoms with van der Waals surface area (Å²) >= 11 is 4.28. The van der Waals surface area contributed by atoms with Crippen LogP contribution in [-0.2, 0) is 0 Å². The lowest BCUT2D eigenvalue weighted by Gasteiger charge is -2.13. The SMILES string of the molecule is COc1ccc(C(=O)Nc2cccc3c(NC(=O)c4ccc(OC)c(I)c4)cccc23)cc1I. The van der Waals surface area contributed by atoms with Gasteiger partial charge in [0.25, 0.3) is 11.8 Å². The lowest BCUT2D eigenvalue weighted by Crippen LogP contribution is -2.14. The van der Waals surface area contributed by atoms with Crippen LogP contribution in [0.1, 0.15) is 20.7 Å². The molecule has 0 saturated heterocycles. The summed E-state index contributed by atoms with van der Waals surface area (Å²) in [5, 5.41) is 7.62. The maximum absolute atomic E-state index is 12.9. The van der Waals surface area contributed by atoms with E-state index in [0.29, 0.717) is 34.0 Å². The summed E-state index contributed by atoms with van der Waals surface area (Å²) in [6.45, 7) is 0. The van der Waals surface area contributed by atoms with E-state index in [-0.39, 0.29) is 11.8 Å². The van der Waals surface area contributed by atoms with Gasteiger partial charge in [0.15, 0.2) is 0 Å². The maximum atomic E-state index is 12.9. The van der Waals surface area contributed by atoms with Gasteiger partial charge in [-0.1, -0.05) is 24.3 Å². The van der Waals surface area contributed by atoms with E-state index >= 15 is 0 Å². The highest BCUT2D eigenvalue weighted by Crippen LogP contribution is 2.31. The van der Waals surface area contributed by atoms with Gasteiger partial charge in [-0.25, -0.2) is 0 Å². The molecule has 4 aromatic carbocycles. The van der Waals surface area contributed by atoms with E-state index < -0.39 is 0 Å². The van der Waals surface area contributed by atoms with Crippen LogP contribution in [-0.4, -0.2) is 26.0 Å². The van der Waals surface area contributed by atoms with E-state index in [1.54, 1.807) is 50.6 Å². The molecule has 0 heterocycles. The first-order valence-corrected chi connectivity index (χ1v) is 12.4. The van der Waals surface area contributed by atoms with Gasteiger partial charge < -0.3 is 20.1 Å². The Morgan fingerprint density at radius 3 is 1.41 bits per heavy atom. The second-order valence-electron chi connectivity index (χ2n) is 7.31. The molecular weight excluding hydrogens is 658 g/mol. The minimum atomic E-state index is -0.227. The molecule has 0 aliphatic heterocycles. The first-order valence-electron chi connectivity index (χ1n) is 10.2. The number of carbonyl (C=O) groups is 2. The number of hydrogen-bond donors (Lipinski definition) is 2. The number of ether oxygens (including phenoxy) is 2. The Kier molecular flexibility index (Phi) is 7.57. The Morgan fingerprint density at radius 1 is 0.647 bits per heavy atom. The summed E-state index contributed by atoms with van der Waals surface area (Å²) in [6.07, 6.45) is 0. The van der Waals surface area contributed by atoms with Crippen molar-refractivity contribution in [3.63, 3.8) is 0 Å². The molecule has 0 unspecified atom stereocenters. The standard InChI is InChI=1S/C26H20I2N2O4/c1-33-23-11-9-15(13-19(23)27)25(31)29-21-7-3-6-18-17(21)5-4-8-22(18)30-26(32)16-10-12-24(34-2)20(28)14-16/h3-14H,1-2H3,(H,29,31)(H,30,32). The fourth-order valence-corrected chi connectivity index (χ4v) is 5.00. The lowest BCUT2D eigenvalue weighted by atomic mass is 10.1. The van der Waals surface area contributed by atoms with Gasteiger partial charge in [0.2, 0.25) is 0 Å². The van der Waals surface area contributed by atoms with Crippen molar-refractivity contribution in [1.82, 2.24) is 0 Å². The van der Waals surface area contributed by atoms with E-state index in [4.69, 9.17) is 9.47 Å². The van der Waals surface area contributed by atoms with Crippen LogP contribution < -0.4 is 20.1 Å². The van der Waals surface area contributed by atoms with Crippen molar-refractivity contribution in [3.8, 4) is 11.5 Å². The number of rotatable bonds is 6. The number of amides is 2. The van der Waals surface area contributed by atoms with Gasteiger partial charge in [0, 0.05) is 33.3 Å². The van der Waals surface area contributed by atoms with Gasteiger partial charge in [0.1, 0.15) is 11.5 Å². The number of fused-ring (bicyclic) bond motifs is 1. The highest BCUT2D eigenvalue weighted by Gasteiger charge is 2.14. The van der Waals surface area contributed by atoms with Crippen LogP contribution in [0.4, 0.5) is 11.4 Å². The van der Waals surface area contributed by atoms with Crippen molar-refractivity contribution >= 4 is 79.1 Å². The van der Waals surface area contributed by atoms with Crippen molar-refractivity contribution in [3.05, 3.63) is 91.1 Å². The van der Waals surface area contributed by atoms with Gasteiger partial charge in [-0.3, -0.25) is 9.59 Å². The number of anilines is 2. The first-order chi connectivity index (χ1) is 16.4. The molecule has 6 nitrogen and oxygen atoms in total. The maximum Gasteiger partial charge on any atom is 0.255 e. The van der Waals surface area contributed by atoms with Crippen molar-refractivity contribution in [2.24, 2.45) is 0 Å². The predicted molar refractivity (Wildman–Crippen MR) is 151 cm³/mol. The summed E-state index contributed by atoms with van der Waals surface area (Å²) < 4.78 is 12.2. The normalized spacial score (nSPS) is 10.6. The summed E-state index contributed by atoms with van der Waals surface area (Å²) in [6, 6.07) is 21.8. The molecule has 2 N–H and O–H groups in total. The average Bonchev–Trinajstić information content (AvgIpc) is 2.84. The quantitative estimate of drug-likeness (QED) is 0.227. The topological polar surface area (TPSA) is 76.7 Å². The van der Waals surface area contributed by atoms with Crippen LogP contribution >= 0.6 is 45.2 Å². The van der Waals surface area contributed by atoms with Gasteiger partial charge in [-0.05, 0) is 93.7 Å². The highest BCUT2D eigenvalue weighted by molar-refractivity contribution is 14.1. The first kappa shape index (κ1) is 24.3. The van der Waals surface area contributed by atoms with Crippen molar-refractivity contribution in [1.29, 1.82) is 0 Å². The fourth-order valence-electron chi connectivity index (χ4n) is 3.53. The summed E-state index contributed by atoms with van der Waals surface area (Å²) in [5.41, 5.74) is 2.37. The highest BCUT2D eigenvalue weighted by atomic mass is 127. The number of halogens is 2. The summed E-state index contributed by atoms with van der Waals surface area (Å²) in [5.74, 6) is 0.981. The van der Waals surface area contributed by atoms with E-state index in [2.05, 4.69) is 55.8 Å². The number of carbonyl (C=O) groups excluding carboxylic acids is 2. The summed E-state index contributed by atoms with van der Waals surface area (Å²) in [7, 11) is 3.19. The average molecular weight is 678 g/mol. The third-order valence-electron chi connectivity index (χ3n) is 5.25. The predicted octanol–water partition coefficient (Wildman–Crippen LogP) is 6.57. The molecule has 8 heteroatoms. The van der Waals surface area contributed by atoms with Crippen LogP contribution in [0.5, 0.6) is 11.5 Å². The van der Waals surface area contributed by atoms with Crippen LogP contribution in [0.2, 0.25) is 0 Å². The number of methoxy groups -OCH3 is 2. The molecule has 0 radical (unpaired) electrons. The van der Waals surface area contributed by atoms with Crippen molar-refractivity contribution in [2.45, 2.75) is 0 Å². The lowest BCUT2D eigenvalue weighted by molar-refractivity contribution is 0.101. The Morgan fingerprint density at radius 2 is 1.06 bits per heavy atom. The zero-order chi connectivity index (χ0) is 24.2. The second kappa shape index (κ2) is 10.6. The van der Waals surface area contributed by atoms with E-state index in [0.717, 1.165) is 17.9 Å². The number of nitrogens with one attached hydrogen (secondary N) is 2. The smallest absolute Gasteiger partial charge is 0.255 e. The molecule has 0 bridgehead atoms. The van der Waals surface area contributed by atoms with E-state index in [1.807, 2.05) is 36.4 Å². The van der Waals surface area contributed by atoms with Crippen LogP contribution in [0.3, 0.4) is 0 Å². The zero-order valence-corrected chi connectivity index (χ0v) is 22.6. The third kappa shape index (κ3) is 5.12. The Labute approximate surface area is 224 Å². The Hall–Kier alpha value is -2.86. The minimum Gasteiger partial charge on any atom is -0.496 e. The van der Waals surface area contributed by atoms with Crippen LogP contribution in [0.25, 0.3) is 10.8 Å². The van der Waals surface area contributed by atoms with Crippen LogP contribution in [0, 0.1) is 7.14 Å². The molecule has 0 aliphatic rings. The molecule has 4 aromatic rings. The molecule has 0 saturated carbocycles. The van der Waals surface area contributed by atoms with Crippen molar-refractivity contribution in [2.75, 3.05) is 24.9 Å². The molecule has 0 aromatic heterocycles. The van der Waals surface area contributed by atoms with E-state index in [9.17, 15) is 9.59 Å². The molecular formula is C26H20I2N2O4. The van der Waals surface area contributed by atoms with Crippen molar-refractivity contribution < 1.29 is 19.1 Å². The fraction of sp³-hybridized carbons (Fsp3) is 0.0769. The Balaban J connectivity index is 1.61. The summed E-state index contributed by atoms with van der Waals surface area (Å²) in [4.78, 5) is 25.8. The molecule has 34 heavy (non-hydrogen) atoms.